The van der Waals surface area contributed by atoms with Gasteiger partial charge in [-0.1, -0.05) is 13.8 Å². The van der Waals surface area contributed by atoms with Crippen LogP contribution in [0.5, 0.6) is 0 Å². The fraction of sp³-hybridized carbons (Fsp3) is 1.00. The van der Waals surface area contributed by atoms with Gasteiger partial charge in [-0.3, -0.25) is 0 Å². The molecule has 0 bridgehead atoms. The van der Waals surface area contributed by atoms with Crippen LogP contribution >= 0.6 is 0 Å². The van der Waals surface area contributed by atoms with E-state index in [4.69, 9.17) is 4.74 Å². The zero-order valence-corrected chi connectivity index (χ0v) is 9.76. The van der Waals surface area contributed by atoms with Gasteiger partial charge in [0.15, 0.2) is 0 Å². The largest absolute Gasteiger partial charge is 0.382 e. The van der Waals surface area contributed by atoms with Crippen LogP contribution in [-0.2, 0) is 4.74 Å². The third-order valence-corrected chi connectivity index (χ3v) is 2.52. The van der Waals surface area contributed by atoms with Gasteiger partial charge in [0.05, 0.1) is 6.10 Å². The molecule has 80 valence electrons. The summed E-state index contributed by atoms with van der Waals surface area (Å²) in [6.45, 7) is 6.67. The van der Waals surface area contributed by atoms with Crippen LogP contribution in [-0.4, -0.2) is 26.3 Å². The van der Waals surface area contributed by atoms with E-state index in [1.807, 2.05) is 7.05 Å². The molecule has 1 N–H and O–H groups in total. The molecule has 0 aliphatic heterocycles. The van der Waals surface area contributed by atoms with E-state index >= 15 is 0 Å². The number of methoxy groups -OCH3 is 1. The summed E-state index contributed by atoms with van der Waals surface area (Å²) in [4.78, 5) is 0. The molecule has 0 aromatic carbocycles. The second kappa shape index (κ2) is 7.34. The van der Waals surface area contributed by atoms with Gasteiger partial charge in [0.1, 0.15) is 0 Å². The minimum atomic E-state index is 0.365. The van der Waals surface area contributed by atoms with Crippen molar-refractivity contribution in [2.45, 2.75) is 52.2 Å². The molecular formula is C11H25NO. The molecule has 0 rings (SSSR count). The van der Waals surface area contributed by atoms with Crippen LogP contribution in [0.25, 0.3) is 0 Å². The molecule has 0 heterocycles. The van der Waals surface area contributed by atoms with E-state index in [0.29, 0.717) is 12.1 Å². The molecule has 2 heteroatoms. The average Bonchev–Trinajstić information content (AvgIpc) is 2.11. The number of nitrogens with one attached hydrogen (secondary N) is 1. The van der Waals surface area contributed by atoms with E-state index in [9.17, 15) is 0 Å². The molecule has 2 atom stereocenters. The predicted molar refractivity (Wildman–Crippen MR) is 58.0 cm³/mol. The highest BCUT2D eigenvalue weighted by atomic mass is 16.5. The molecule has 0 radical (unpaired) electrons. The minimum Gasteiger partial charge on any atom is -0.382 e. The Morgan fingerprint density at radius 1 is 1.15 bits per heavy atom. The van der Waals surface area contributed by atoms with Gasteiger partial charge >= 0.3 is 0 Å². The molecule has 2 unspecified atom stereocenters. The van der Waals surface area contributed by atoms with Crippen LogP contribution in [0, 0.1) is 5.92 Å². The first-order valence-electron chi connectivity index (χ1n) is 5.30. The Labute approximate surface area is 83.1 Å². The Bertz CT molecular complexity index is 115. The van der Waals surface area contributed by atoms with Gasteiger partial charge in [-0.25, -0.2) is 0 Å². The molecule has 0 amide bonds. The van der Waals surface area contributed by atoms with Crippen LogP contribution in [0.2, 0.25) is 0 Å². The van der Waals surface area contributed by atoms with Gasteiger partial charge in [0, 0.05) is 13.2 Å². The molecule has 0 aromatic rings. The van der Waals surface area contributed by atoms with Crippen LogP contribution in [0.4, 0.5) is 0 Å². The fourth-order valence-electron chi connectivity index (χ4n) is 1.41. The van der Waals surface area contributed by atoms with E-state index in [-0.39, 0.29) is 0 Å². The van der Waals surface area contributed by atoms with E-state index in [1.165, 1.54) is 12.8 Å². The van der Waals surface area contributed by atoms with Crippen LogP contribution in [0.15, 0.2) is 0 Å². The summed E-state index contributed by atoms with van der Waals surface area (Å²) in [5, 5.41) is 3.34. The quantitative estimate of drug-likeness (QED) is 0.661. The Kier molecular flexibility index (Phi) is 7.29. The van der Waals surface area contributed by atoms with Crippen molar-refractivity contribution in [1.29, 1.82) is 0 Å². The van der Waals surface area contributed by atoms with Crippen molar-refractivity contribution in [3.63, 3.8) is 0 Å². The summed E-state index contributed by atoms with van der Waals surface area (Å²) >= 11 is 0. The van der Waals surface area contributed by atoms with Crippen molar-refractivity contribution < 1.29 is 4.74 Å². The highest BCUT2D eigenvalue weighted by molar-refractivity contribution is 4.68. The van der Waals surface area contributed by atoms with E-state index in [2.05, 4.69) is 26.1 Å². The normalized spacial score (nSPS) is 16.2. The van der Waals surface area contributed by atoms with Crippen molar-refractivity contribution in [2.24, 2.45) is 5.92 Å². The first-order chi connectivity index (χ1) is 6.10. The molecule has 0 saturated heterocycles. The number of hydrogen-bond donors (Lipinski definition) is 1. The minimum absolute atomic E-state index is 0.365. The lowest BCUT2D eigenvalue weighted by molar-refractivity contribution is 0.0995. The molecule has 0 spiro atoms. The third-order valence-electron chi connectivity index (χ3n) is 2.52. The Morgan fingerprint density at radius 3 is 2.15 bits per heavy atom. The zero-order chi connectivity index (χ0) is 10.3. The van der Waals surface area contributed by atoms with Crippen molar-refractivity contribution in [1.82, 2.24) is 5.32 Å². The highest BCUT2D eigenvalue weighted by Gasteiger charge is 2.10. The van der Waals surface area contributed by atoms with Gasteiger partial charge in [-0.05, 0) is 39.2 Å². The van der Waals surface area contributed by atoms with E-state index in [1.54, 1.807) is 7.11 Å². The summed E-state index contributed by atoms with van der Waals surface area (Å²) in [6, 6.07) is 0.609. The molecule has 0 aromatic heterocycles. The molecule has 2 nitrogen and oxygen atoms in total. The van der Waals surface area contributed by atoms with Crippen molar-refractivity contribution in [2.75, 3.05) is 14.2 Å². The van der Waals surface area contributed by atoms with Crippen molar-refractivity contribution >= 4 is 0 Å². The number of hydrogen-bond acceptors (Lipinski definition) is 2. The highest BCUT2D eigenvalue weighted by Crippen LogP contribution is 2.11. The summed E-state index contributed by atoms with van der Waals surface area (Å²) < 4.78 is 5.25. The Balaban J connectivity index is 3.62. The smallest absolute Gasteiger partial charge is 0.0558 e. The Hall–Kier alpha value is -0.0800. The molecule has 0 fully saturated rings. The van der Waals surface area contributed by atoms with E-state index in [0.717, 1.165) is 12.3 Å². The molecular weight excluding hydrogens is 162 g/mol. The maximum Gasteiger partial charge on any atom is 0.0558 e. The first-order valence-corrected chi connectivity index (χ1v) is 5.30. The SMILES string of the molecule is CNC(CCC(C)C)CC(C)OC. The van der Waals surface area contributed by atoms with Crippen LogP contribution in [0.3, 0.4) is 0 Å². The van der Waals surface area contributed by atoms with Crippen molar-refractivity contribution in [3.05, 3.63) is 0 Å². The summed E-state index contributed by atoms with van der Waals surface area (Å²) in [5.41, 5.74) is 0. The summed E-state index contributed by atoms with van der Waals surface area (Å²) in [6.07, 6.45) is 4.02. The lowest BCUT2D eigenvalue weighted by Crippen LogP contribution is -2.29. The molecule has 0 saturated carbocycles. The third kappa shape index (κ3) is 7.03. The van der Waals surface area contributed by atoms with Crippen LogP contribution < -0.4 is 5.32 Å². The Morgan fingerprint density at radius 2 is 1.77 bits per heavy atom. The first kappa shape index (κ1) is 12.9. The molecule has 0 aliphatic carbocycles. The van der Waals surface area contributed by atoms with Gasteiger partial charge in [0.25, 0.3) is 0 Å². The van der Waals surface area contributed by atoms with Crippen LogP contribution in [0.1, 0.15) is 40.0 Å². The number of rotatable bonds is 7. The maximum absolute atomic E-state index is 5.25. The molecule has 0 aliphatic rings. The van der Waals surface area contributed by atoms with Gasteiger partial charge in [-0.2, -0.15) is 0 Å². The lowest BCUT2D eigenvalue weighted by Gasteiger charge is -2.20. The van der Waals surface area contributed by atoms with Gasteiger partial charge in [-0.15, -0.1) is 0 Å². The lowest BCUT2D eigenvalue weighted by atomic mass is 10.00. The fourth-order valence-corrected chi connectivity index (χ4v) is 1.41. The number of ether oxygens (including phenoxy) is 1. The van der Waals surface area contributed by atoms with E-state index < -0.39 is 0 Å². The summed E-state index contributed by atoms with van der Waals surface area (Å²) in [7, 11) is 3.81. The van der Waals surface area contributed by atoms with Crippen molar-refractivity contribution in [3.8, 4) is 0 Å². The average molecular weight is 187 g/mol. The van der Waals surface area contributed by atoms with Gasteiger partial charge < -0.3 is 10.1 Å². The monoisotopic (exact) mass is 187 g/mol. The second-order valence-electron chi connectivity index (χ2n) is 4.24. The predicted octanol–water partition coefficient (Wildman–Crippen LogP) is 2.44. The zero-order valence-electron chi connectivity index (χ0n) is 9.76. The standard InChI is InChI=1S/C11H25NO/c1-9(2)6-7-11(12-4)8-10(3)13-5/h9-12H,6-8H2,1-5H3. The second-order valence-corrected chi connectivity index (χ2v) is 4.24. The van der Waals surface area contributed by atoms with Gasteiger partial charge in [0.2, 0.25) is 0 Å². The topological polar surface area (TPSA) is 21.3 Å². The summed E-state index contributed by atoms with van der Waals surface area (Å²) in [5.74, 6) is 0.800. The molecule has 13 heavy (non-hydrogen) atoms. The maximum atomic E-state index is 5.25.